The van der Waals surface area contributed by atoms with Gasteiger partial charge >= 0.3 is 0 Å². The van der Waals surface area contributed by atoms with E-state index < -0.39 is 0 Å². The minimum absolute atomic E-state index is 0.0289. The predicted octanol–water partition coefficient (Wildman–Crippen LogP) is 2.16. The molecule has 1 aromatic rings. The van der Waals surface area contributed by atoms with E-state index in [1.165, 1.54) is 6.42 Å². The van der Waals surface area contributed by atoms with E-state index in [2.05, 4.69) is 15.3 Å². The molecule has 0 atom stereocenters. The highest BCUT2D eigenvalue weighted by molar-refractivity contribution is 5.31. The number of aromatic nitrogens is 2. The third-order valence-electron chi connectivity index (χ3n) is 3.39. The molecular weight excluding hydrogens is 230 g/mol. The van der Waals surface area contributed by atoms with E-state index in [4.69, 9.17) is 9.47 Å². The third kappa shape index (κ3) is 2.90. The zero-order valence-corrected chi connectivity index (χ0v) is 11.3. The van der Waals surface area contributed by atoms with Gasteiger partial charge in [0.2, 0.25) is 11.8 Å². The summed E-state index contributed by atoms with van der Waals surface area (Å²) >= 11 is 0. The highest BCUT2D eigenvalue weighted by Crippen LogP contribution is 2.34. The number of hydrogen-bond acceptors (Lipinski definition) is 5. The molecule has 0 radical (unpaired) electrons. The largest absolute Gasteiger partial charge is 0.478 e. The van der Waals surface area contributed by atoms with E-state index in [1.807, 2.05) is 19.9 Å². The van der Waals surface area contributed by atoms with E-state index in [1.54, 1.807) is 7.11 Å². The second-order valence-electron chi connectivity index (χ2n) is 4.70. The molecular formula is C13H21N3O2. The molecule has 1 fully saturated rings. The van der Waals surface area contributed by atoms with Gasteiger partial charge in [0.15, 0.2) is 0 Å². The number of aryl methyl sites for hydroxylation is 1. The maximum atomic E-state index is 5.55. The van der Waals surface area contributed by atoms with Crippen LogP contribution in [0.25, 0.3) is 0 Å². The first-order valence-corrected chi connectivity index (χ1v) is 6.45. The normalized spacial score (nSPS) is 17.1. The van der Waals surface area contributed by atoms with Crippen molar-refractivity contribution in [2.45, 2.75) is 38.7 Å². The summed E-state index contributed by atoms with van der Waals surface area (Å²) in [7, 11) is 1.77. The molecule has 18 heavy (non-hydrogen) atoms. The first-order valence-electron chi connectivity index (χ1n) is 6.45. The quantitative estimate of drug-likeness (QED) is 0.839. The van der Waals surface area contributed by atoms with Gasteiger partial charge in [0.05, 0.1) is 12.2 Å². The molecule has 0 unspecified atom stereocenters. The van der Waals surface area contributed by atoms with Crippen molar-refractivity contribution in [3.8, 4) is 5.88 Å². The average Bonchev–Trinajstić information content (AvgIpc) is 2.28. The Balaban J connectivity index is 2.00. The number of nitrogens with one attached hydrogen (secondary N) is 1. The molecule has 0 aromatic carbocycles. The van der Waals surface area contributed by atoms with Crippen LogP contribution in [-0.4, -0.2) is 35.8 Å². The van der Waals surface area contributed by atoms with Crippen molar-refractivity contribution >= 4 is 5.95 Å². The van der Waals surface area contributed by atoms with Crippen LogP contribution < -0.4 is 10.1 Å². The molecule has 0 aliphatic heterocycles. The number of anilines is 1. The maximum Gasteiger partial charge on any atom is 0.226 e. The molecule has 2 rings (SSSR count). The molecule has 0 saturated heterocycles. The van der Waals surface area contributed by atoms with Gasteiger partial charge in [-0.2, -0.15) is 4.98 Å². The lowest BCUT2D eigenvalue weighted by atomic mass is 9.80. The molecule has 0 bridgehead atoms. The number of nitrogens with zero attached hydrogens (tertiary/aromatic N) is 2. The maximum absolute atomic E-state index is 5.55. The first kappa shape index (κ1) is 13.1. The predicted molar refractivity (Wildman–Crippen MR) is 70.0 cm³/mol. The van der Waals surface area contributed by atoms with Gasteiger partial charge in [-0.05, 0) is 33.1 Å². The second kappa shape index (κ2) is 5.52. The summed E-state index contributed by atoms with van der Waals surface area (Å²) in [5.74, 6) is 1.23. The van der Waals surface area contributed by atoms with Gasteiger partial charge in [-0.3, -0.25) is 0 Å². The number of rotatable bonds is 6. The molecule has 1 aliphatic rings. The van der Waals surface area contributed by atoms with Crippen LogP contribution in [0, 0.1) is 6.92 Å². The monoisotopic (exact) mass is 251 g/mol. The summed E-state index contributed by atoms with van der Waals surface area (Å²) in [6.45, 7) is 5.24. The van der Waals surface area contributed by atoms with E-state index in [0.717, 1.165) is 25.1 Å². The highest BCUT2D eigenvalue weighted by Gasteiger charge is 2.36. The summed E-state index contributed by atoms with van der Waals surface area (Å²) in [6, 6.07) is 1.84. The topological polar surface area (TPSA) is 56.3 Å². The molecule has 1 heterocycles. The lowest BCUT2D eigenvalue weighted by Crippen LogP contribution is -2.45. The molecule has 0 amide bonds. The zero-order chi connectivity index (χ0) is 13.0. The van der Waals surface area contributed by atoms with Gasteiger partial charge in [0.25, 0.3) is 0 Å². The molecule has 100 valence electrons. The summed E-state index contributed by atoms with van der Waals surface area (Å²) in [5.41, 5.74) is 0.870. The van der Waals surface area contributed by atoms with E-state index in [0.29, 0.717) is 18.4 Å². The number of hydrogen-bond donors (Lipinski definition) is 1. The van der Waals surface area contributed by atoms with Crippen molar-refractivity contribution in [3.63, 3.8) is 0 Å². The summed E-state index contributed by atoms with van der Waals surface area (Å²) < 4.78 is 11.0. The zero-order valence-electron chi connectivity index (χ0n) is 11.3. The third-order valence-corrected chi connectivity index (χ3v) is 3.39. The van der Waals surface area contributed by atoms with Crippen LogP contribution in [0.5, 0.6) is 5.88 Å². The van der Waals surface area contributed by atoms with Crippen LogP contribution in [0.2, 0.25) is 0 Å². The van der Waals surface area contributed by atoms with Crippen molar-refractivity contribution in [2.24, 2.45) is 0 Å². The lowest BCUT2D eigenvalue weighted by Gasteiger charge is -2.40. The van der Waals surface area contributed by atoms with Crippen LogP contribution in [0.4, 0.5) is 5.95 Å². The molecule has 1 aromatic heterocycles. The SMILES string of the molecule is CCOc1cc(C)nc(NCC2(OC)CCC2)n1. The Bertz CT molecular complexity index is 400. The summed E-state index contributed by atoms with van der Waals surface area (Å²) in [4.78, 5) is 8.67. The molecule has 1 aliphatic carbocycles. The highest BCUT2D eigenvalue weighted by atomic mass is 16.5. The van der Waals surface area contributed by atoms with Gasteiger partial charge in [0.1, 0.15) is 0 Å². The Hall–Kier alpha value is -1.36. The Morgan fingerprint density at radius 1 is 1.39 bits per heavy atom. The number of methoxy groups -OCH3 is 1. The fraction of sp³-hybridized carbons (Fsp3) is 0.692. The van der Waals surface area contributed by atoms with Gasteiger partial charge in [0, 0.05) is 25.4 Å². The molecule has 5 nitrogen and oxygen atoms in total. The minimum atomic E-state index is -0.0289. The van der Waals surface area contributed by atoms with E-state index >= 15 is 0 Å². The molecule has 5 heteroatoms. The second-order valence-corrected chi connectivity index (χ2v) is 4.70. The average molecular weight is 251 g/mol. The van der Waals surface area contributed by atoms with Crippen LogP contribution in [0.1, 0.15) is 31.9 Å². The van der Waals surface area contributed by atoms with Crippen LogP contribution in [0.3, 0.4) is 0 Å². The van der Waals surface area contributed by atoms with Gasteiger partial charge in [-0.1, -0.05) is 0 Å². The van der Waals surface area contributed by atoms with Crippen molar-refractivity contribution in [3.05, 3.63) is 11.8 Å². The number of ether oxygens (including phenoxy) is 2. The first-order chi connectivity index (χ1) is 8.67. The minimum Gasteiger partial charge on any atom is -0.478 e. The Kier molecular flexibility index (Phi) is 4.01. The van der Waals surface area contributed by atoms with E-state index in [9.17, 15) is 0 Å². The smallest absolute Gasteiger partial charge is 0.226 e. The van der Waals surface area contributed by atoms with Crippen molar-refractivity contribution in [1.82, 2.24) is 9.97 Å². The van der Waals surface area contributed by atoms with Crippen LogP contribution in [-0.2, 0) is 4.74 Å². The van der Waals surface area contributed by atoms with Gasteiger partial charge in [-0.25, -0.2) is 4.98 Å². The molecule has 1 saturated carbocycles. The summed E-state index contributed by atoms with van der Waals surface area (Å²) in [5, 5.41) is 3.25. The Labute approximate surface area is 108 Å². The fourth-order valence-corrected chi connectivity index (χ4v) is 2.10. The molecule has 0 spiro atoms. The van der Waals surface area contributed by atoms with Gasteiger partial charge < -0.3 is 14.8 Å². The van der Waals surface area contributed by atoms with Crippen LogP contribution >= 0.6 is 0 Å². The van der Waals surface area contributed by atoms with Gasteiger partial charge in [-0.15, -0.1) is 0 Å². The van der Waals surface area contributed by atoms with Crippen LogP contribution in [0.15, 0.2) is 6.07 Å². The lowest BCUT2D eigenvalue weighted by molar-refractivity contribution is -0.0602. The van der Waals surface area contributed by atoms with E-state index in [-0.39, 0.29) is 5.60 Å². The van der Waals surface area contributed by atoms with Crippen molar-refractivity contribution in [1.29, 1.82) is 0 Å². The van der Waals surface area contributed by atoms with Crippen molar-refractivity contribution < 1.29 is 9.47 Å². The Morgan fingerprint density at radius 3 is 2.72 bits per heavy atom. The fourth-order valence-electron chi connectivity index (χ4n) is 2.10. The summed E-state index contributed by atoms with van der Waals surface area (Å²) in [6.07, 6.45) is 3.43. The Morgan fingerprint density at radius 2 is 2.17 bits per heavy atom. The standard InChI is InChI=1S/C13H21N3O2/c1-4-18-11-8-10(2)15-12(16-11)14-9-13(17-3)6-5-7-13/h8H,4-7,9H2,1-3H3,(H,14,15,16). The van der Waals surface area contributed by atoms with Crippen molar-refractivity contribution in [2.75, 3.05) is 25.6 Å². The molecule has 1 N–H and O–H groups in total.